The number of benzene rings is 1. The Morgan fingerprint density at radius 1 is 1.24 bits per heavy atom. The highest BCUT2D eigenvalue weighted by Gasteiger charge is 2.33. The molecule has 0 aliphatic carbocycles. The van der Waals surface area contributed by atoms with Crippen LogP contribution in [0.2, 0.25) is 0 Å². The zero-order chi connectivity index (χ0) is 15.6. The van der Waals surface area contributed by atoms with E-state index in [0.29, 0.717) is 6.04 Å². The van der Waals surface area contributed by atoms with E-state index in [9.17, 15) is 0 Å². The Kier molecular flexibility index (Phi) is 5.11. The van der Waals surface area contributed by atoms with E-state index >= 15 is 0 Å². The van der Waals surface area contributed by atoms with Gasteiger partial charge in [0, 0.05) is 31.2 Å². The van der Waals surface area contributed by atoms with Gasteiger partial charge in [-0.2, -0.15) is 0 Å². The molecule has 1 unspecified atom stereocenters. The highest BCUT2D eigenvalue weighted by Crippen LogP contribution is 2.24. The van der Waals surface area contributed by atoms with Gasteiger partial charge in [-0.3, -0.25) is 4.90 Å². The minimum absolute atomic E-state index is 0.228. The van der Waals surface area contributed by atoms with E-state index < -0.39 is 0 Å². The maximum Gasteiger partial charge on any atom is 0.0281 e. The van der Waals surface area contributed by atoms with E-state index in [1.165, 1.54) is 23.1 Å². The molecule has 0 saturated carbocycles. The summed E-state index contributed by atoms with van der Waals surface area (Å²) in [5, 5.41) is 3.74. The van der Waals surface area contributed by atoms with Crippen LogP contribution >= 0.6 is 0 Å². The normalized spacial score (nSPS) is 22.7. The van der Waals surface area contributed by atoms with Crippen LogP contribution in [0.1, 0.15) is 50.8 Å². The van der Waals surface area contributed by atoms with E-state index in [1.54, 1.807) is 0 Å². The molecule has 2 heteroatoms. The van der Waals surface area contributed by atoms with Crippen LogP contribution in [0, 0.1) is 19.8 Å². The average molecular weight is 288 g/mol. The minimum atomic E-state index is 0.228. The first-order valence-electron chi connectivity index (χ1n) is 8.32. The van der Waals surface area contributed by atoms with Gasteiger partial charge >= 0.3 is 0 Å². The first-order chi connectivity index (χ1) is 9.78. The van der Waals surface area contributed by atoms with Crippen molar-refractivity contribution in [3.05, 3.63) is 34.9 Å². The molecule has 0 bridgehead atoms. The van der Waals surface area contributed by atoms with Gasteiger partial charge in [0.15, 0.2) is 0 Å². The molecule has 0 aromatic heterocycles. The Hall–Kier alpha value is -0.860. The third-order valence-electron chi connectivity index (χ3n) is 4.82. The van der Waals surface area contributed by atoms with Crippen LogP contribution in [0.3, 0.4) is 0 Å². The van der Waals surface area contributed by atoms with Gasteiger partial charge in [0.25, 0.3) is 0 Å². The molecule has 1 N–H and O–H groups in total. The fourth-order valence-electron chi connectivity index (χ4n) is 3.21. The molecule has 1 aromatic rings. The van der Waals surface area contributed by atoms with Crippen LogP contribution < -0.4 is 5.32 Å². The molecule has 1 aliphatic rings. The van der Waals surface area contributed by atoms with Gasteiger partial charge in [0.1, 0.15) is 0 Å². The standard InChI is InChI=1S/C19H32N2/c1-14(2)9-18-12-21(19(5,6)13-20-18)11-17-8-7-15(3)16(4)10-17/h7-8,10,14,18,20H,9,11-13H2,1-6H3. The predicted molar refractivity (Wildman–Crippen MR) is 91.7 cm³/mol. The van der Waals surface area contributed by atoms with Crippen molar-refractivity contribution < 1.29 is 0 Å². The van der Waals surface area contributed by atoms with Crippen molar-refractivity contribution in [2.45, 2.75) is 66.1 Å². The van der Waals surface area contributed by atoms with Crippen molar-refractivity contribution >= 4 is 0 Å². The zero-order valence-corrected chi connectivity index (χ0v) is 14.7. The lowest BCUT2D eigenvalue weighted by molar-refractivity contribution is 0.0536. The summed E-state index contributed by atoms with van der Waals surface area (Å²) < 4.78 is 0. The molecule has 2 rings (SSSR count). The van der Waals surface area contributed by atoms with Gasteiger partial charge in [-0.25, -0.2) is 0 Å². The SMILES string of the molecule is Cc1ccc(CN2CC(CC(C)C)NCC2(C)C)cc1C. The number of nitrogens with one attached hydrogen (secondary N) is 1. The van der Waals surface area contributed by atoms with Crippen molar-refractivity contribution in [1.82, 2.24) is 10.2 Å². The first-order valence-corrected chi connectivity index (χ1v) is 8.32. The van der Waals surface area contributed by atoms with Crippen molar-refractivity contribution in [2.24, 2.45) is 5.92 Å². The summed E-state index contributed by atoms with van der Waals surface area (Å²) in [6.07, 6.45) is 1.26. The fourth-order valence-corrected chi connectivity index (χ4v) is 3.21. The van der Waals surface area contributed by atoms with Crippen molar-refractivity contribution in [3.8, 4) is 0 Å². The summed E-state index contributed by atoms with van der Waals surface area (Å²) in [6.45, 7) is 17.0. The number of aryl methyl sites for hydroxylation is 2. The molecule has 1 aliphatic heterocycles. The number of hydrogen-bond acceptors (Lipinski definition) is 2. The maximum absolute atomic E-state index is 3.74. The van der Waals surface area contributed by atoms with Gasteiger partial charge < -0.3 is 5.32 Å². The molecule has 0 spiro atoms. The van der Waals surface area contributed by atoms with E-state index in [0.717, 1.165) is 25.6 Å². The lowest BCUT2D eigenvalue weighted by Crippen LogP contribution is -2.61. The quantitative estimate of drug-likeness (QED) is 0.904. The summed E-state index contributed by atoms with van der Waals surface area (Å²) in [4.78, 5) is 2.65. The predicted octanol–water partition coefficient (Wildman–Crippen LogP) is 3.90. The molecular weight excluding hydrogens is 256 g/mol. The fraction of sp³-hybridized carbons (Fsp3) is 0.684. The maximum atomic E-state index is 3.74. The molecule has 118 valence electrons. The van der Waals surface area contributed by atoms with E-state index in [4.69, 9.17) is 0 Å². The number of hydrogen-bond donors (Lipinski definition) is 1. The van der Waals surface area contributed by atoms with Crippen LogP contribution in [0.4, 0.5) is 0 Å². The Balaban J connectivity index is 2.08. The van der Waals surface area contributed by atoms with Crippen molar-refractivity contribution in [3.63, 3.8) is 0 Å². The molecule has 2 nitrogen and oxygen atoms in total. The average Bonchev–Trinajstić information content (AvgIpc) is 2.37. The highest BCUT2D eigenvalue weighted by molar-refractivity contribution is 5.30. The second kappa shape index (κ2) is 6.50. The monoisotopic (exact) mass is 288 g/mol. The van der Waals surface area contributed by atoms with E-state index in [-0.39, 0.29) is 5.54 Å². The largest absolute Gasteiger partial charge is 0.311 e. The molecule has 1 heterocycles. The van der Waals surface area contributed by atoms with Crippen LogP contribution in [0.5, 0.6) is 0 Å². The number of rotatable bonds is 4. The summed E-state index contributed by atoms with van der Waals surface area (Å²) >= 11 is 0. The van der Waals surface area contributed by atoms with Crippen LogP contribution in [0.15, 0.2) is 18.2 Å². The third kappa shape index (κ3) is 4.31. The molecule has 21 heavy (non-hydrogen) atoms. The molecule has 1 atom stereocenters. The lowest BCUT2D eigenvalue weighted by Gasteiger charge is -2.46. The topological polar surface area (TPSA) is 15.3 Å². The molecule has 1 saturated heterocycles. The lowest BCUT2D eigenvalue weighted by atomic mass is 9.93. The van der Waals surface area contributed by atoms with Crippen LogP contribution in [-0.2, 0) is 6.54 Å². The van der Waals surface area contributed by atoms with Gasteiger partial charge in [-0.1, -0.05) is 32.0 Å². The van der Waals surface area contributed by atoms with Gasteiger partial charge in [-0.05, 0) is 56.7 Å². The van der Waals surface area contributed by atoms with E-state index in [1.807, 2.05) is 0 Å². The van der Waals surface area contributed by atoms with Gasteiger partial charge in [0.2, 0.25) is 0 Å². The van der Waals surface area contributed by atoms with Crippen molar-refractivity contribution in [2.75, 3.05) is 13.1 Å². The summed E-state index contributed by atoms with van der Waals surface area (Å²) in [6, 6.07) is 7.53. The summed E-state index contributed by atoms with van der Waals surface area (Å²) in [7, 11) is 0. The van der Waals surface area contributed by atoms with Crippen LogP contribution in [0.25, 0.3) is 0 Å². The van der Waals surface area contributed by atoms with Gasteiger partial charge in [-0.15, -0.1) is 0 Å². The number of piperazine rings is 1. The Morgan fingerprint density at radius 3 is 2.57 bits per heavy atom. The summed E-state index contributed by atoms with van der Waals surface area (Å²) in [5.41, 5.74) is 4.46. The first kappa shape index (κ1) is 16.5. The van der Waals surface area contributed by atoms with Gasteiger partial charge in [0.05, 0.1) is 0 Å². The number of nitrogens with zero attached hydrogens (tertiary/aromatic N) is 1. The van der Waals surface area contributed by atoms with Crippen LogP contribution in [-0.4, -0.2) is 29.6 Å². The molecule has 1 aromatic carbocycles. The molecule has 1 fully saturated rings. The minimum Gasteiger partial charge on any atom is -0.311 e. The van der Waals surface area contributed by atoms with E-state index in [2.05, 4.69) is 70.0 Å². The third-order valence-corrected chi connectivity index (χ3v) is 4.82. The second-order valence-corrected chi connectivity index (χ2v) is 7.82. The Morgan fingerprint density at radius 2 is 1.95 bits per heavy atom. The molecule has 0 amide bonds. The smallest absolute Gasteiger partial charge is 0.0281 e. The summed E-state index contributed by atoms with van der Waals surface area (Å²) in [5.74, 6) is 0.757. The Bertz CT molecular complexity index is 476. The Labute approximate surface area is 130 Å². The molecular formula is C19H32N2. The molecule has 0 radical (unpaired) electrons. The zero-order valence-electron chi connectivity index (χ0n) is 14.7. The highest BCUT2D eigenvalue weighted by atomic mass is 15.3. The van der Waals surface area contributed by atoms with Crippen molar-refractivity contribution in [1.29, 1.82) is 0 Å². The second-order valence-electron chi connectivity index (χ2n) is 7.82.